The Morgan fingerprint density at radius 2 is 2.24 bits per heavy atom. The van der Waals surface area contributed by atoms with Crippen LogP contribution in [0.25, 0.3) is 0 Å². The molecule has 1 aromatic carbocycles. The number of carbonyl (C=O) groups excluding carboxylic acids is 1. The van der Waals surface area contributed by atoms with Gasteiger partial charge in [-0.05, 0) is 6.42 Å². The molecular formula is C14H19N3O4. The first kappa shape index (κ1) is 15.4. The van der Waals surface area contributed by atoms with Gasteiger partial charge < -0.3 is 15.0 Å². The van der Waals surface area contributed by atoms with E-state index in [1.807, 2.05) is 0 Å². The zero-order valence-electron chi connectivity index (χ0n) is 12.1. The number of hydrogen-bond donors (Lipinski definition) is 1. The van der Waals surface area contributed by atoms with Crippen molar-refractivity contribution in [3.8, 4) is 0 Å². The standard InChI is InChI=1S/C14H19N3O4/c1-16(14(18)12-7-11(21-2)8-15-12)9-10-5-3-4-6-13(10)17(19)20/h3-6,11-12,15H,7-9H2,1-2H3. The number of methoxy groups -OCH3 is 1. The van der Waals surface area contributed by atoms with E-state index >= 15 is 0 Å². The van der Waals surface area contributed by atoms with Crippen LogP contribution in [0.4, 0.5) is 5.69 Å². The van der Waals surface area contributed by atoms with Gasteiger partial charge in [0, 0.05) is 32.3 Å². The Hall–Kier alpha value is -1.99. The molecule has 1 saturated heterocycles. The van der Waals surface area contributed by atoms with Gasteiger partial charge in [-0.3, -0.25) is 14.9 Å². The summed E-state index contributed by atoms with van der Waals surface area (Å²) in [5, 5.41) is 14.1. The van der Waals surface area contributed by atoms with E-state index in [4.69, 9.17) is 4.74 Å². The first-order chi connectivity index (χ1) is 10.0. The molecular weight excluding hydrogens is 274 g/mol. The summed E-state index contributed by atoms with van der Waals surface area (Å²) >= 11 is 0. The number of carbonyl (C=O) groups is 1. The summed E-state index contributed by atoms with van der Waals surface area (Å²) in [7, 11) is 3.27. The highest BCUT2D eigenvalue weighted by atomic mass is 16.6. The maximum Gasteiger partial charge on any atom is 0.274 e. The average Bonchev–Trinajstić information content (AvgIpc) is 2.95. The number of nitro benzene ring substituents is 1. The molecule has 114 valence electrons. The maximum absolute atomic E-state index is 12.3. The molecule has 0 saturated carbocycles. The van der Waals surface area contributed by atoms with Gasteiger partial charge >= 0.3 is 0 Å². The summed E-state index contributed by atoms with van der Waals surface area (Å²) in [6, 6.07) is 6.17. The minimum Gasteiger partial charge on any atom is -0.380 e. The van der Waals surface area contributed by atoms with Gasteiger partial charge in [0.05, 0.1) is 23.6 Å². The fourth-order valence-corrected chi connectivity index (χ4v) is 2.49. The van der Waals surface area contributed by atoms with Crippen LogP contribution in [-0.2, 0) is 16.1 Å². The van der Waals surface area contributed by atoms with E-state index in [-0.39, 0.29) is 30.3 Å². The van der Waals surface area contributed by atoms with E-state index in [1.54, 1.807) is 32.4 Å². The van der Waals surface area contributed by atoms with Gasteiger partial charge in [-0.15, -0.1) is 0 Å². The van der Waals surface area contributed by atoms with Crippen LogP contribution in [0.2, 0.25) is 0 Å². The zero-order valence-corrected chi connectivity index (χ0v) is 12.1. The van der Waals surface area contributed by atoms with E-state index in [9.17, 15) is 14.9 Å². The summed E-state index contributed by atoms with van der Waals surface area (Å²) in [5.74, 6) is -0.0762. The van der Waals surface area contributed by atoms with Crippen molar-refractivity contribution in [1.82, 2.24) is 10.2 Å². The van der Waals surface area contributed by atoms with Gasteiger partial charge in [0.2, 0.25) is 5.91 Å². The molecule has 1 heterocycles. The number of amides is 1. The normalized spacial score (nSPS) is 21.2. The van der Waals surface area contributed by atoms with Crippen molar-refractivity contribution in [2.24, 2.45) is 0 Å². The van der Waals surface area contributed by atoms with Crippen LogP contribution in [0, 0.1) is 10.1 Å². The molecule has 1 N–H and O–H groups in total. The van der Waals surface area contributed by atoms with Crippen molar-refractivity contribution in [2.45, 2.75) is 25.1 Å². The monoisotopic (exact) mass is 293 g/mol. The van der Waals surface area contributed by atoms with Crippen LogP contribution in [0.5, 0.6) is 0 Å². The summed E-state index contributed by atoms with van der Waals surface area (Å²) < 4.78 is 5.22. The van der Waals surface area contributed by atoms with Gasteiger partial charge in [-0.2, -0.15) is 0 Å². The summed E-state index contributed by atoms with van der Waals surface area (Å²) in [5.41, 5.74) is 0.561. The van der Waals surface area contributed by atoms with Crippen molar-refractivity contribution in [1.29, 1.82) is 0 Å². The molecule has 2 rings (SSSR count). The number of ether oxygens (including phenoxy) is 1. The lowest BCUT2D eigenvalue weighted by molar-refractivity contribution is -0.385. The van der Waals surface area contributed by atoms with Crippen LogP contribution in [0.15, 0.2) is 24.3 Å². The van der Waals surface area contributed by atoms with Gasteiger partial charge in [0.15, 0.2) is 0 Å². The lowest BCUT2D eigenvalue weighted by Gasteiger charge is -2.21. The average molecular weight is 293 g/mol. The number of likely N-dealkylation sites (N-methyl/N-ethyl adjacent to an activating group) is 1. The van der Waals surface area contributed by atoms with Crippen LogP contribution in [-0.4, -0.2) is 48.6 Å². The molecule has 7 nitrogen and oxygen atoms in total. The second-order valence-corrected chi connectivity index (χ2v) is 5.13. The highest BCUT2D eigenvalue weighted by Crippen LogP contribution is 2.20. The molecule has 1 amide bonds. The Morgan fingerprint density at radius 3 is 2.86 bits per heavy atom. The largest absolute Gasteiger partial charge is 0.380 e. The Labute approximate surface area is 123 Å². The van der Waals surface area contributed by atoms with Crippen LogP contribution in [0.3, 0.4) is 0 Å². The predicted molar refractivity (Wildman–Crippen MR) is 76.8 cm³/mol. The quantitative estimate of drug-likeness (QED) is 0.645. The molecule has 2 unspecified atom stereocenters. The number of nitro groups is 1. The van der Waals surface area contributed by atoms with Crippen LogP contribution in [0.1, 0.15) is 12.0 Å². The Morgan fingerprint density at radius 1 is 1.52 bits per heavy atom. The SMILES string of the molecule is COC1CNC(C(=O)N(C)Cc2ccccc2[N+](=O)[O-])C1. The third kappa shape index (κ3) is 3.56. The molecule has 21 heavy (non-hydrogen) atoms. The topological polar surface area (TPSA) is 84.7 Å². The fourth-order valence-electron chi connectivity index (χ4n) is 2.49. The Balaban J connectivity index is 2.03. The van der Waals surface area contributed by atoms with Crippen LogP contribution < -0.4 is 5.32 Å². The number of nitrogens with zero attached hydrogens (tertiary/aromatic N) is 2. The highest BCUT2D eigenvalue weighted by Gasteiger charge is 2.31. The molecule has 0 radical (unpaired) electrons. The zero-order chi connectivity index (χ0) is 15.4. The first-order valence-corrected chi connectivity index (χ1v) is 6.76. The number of para-hydroxylation sites is 1. The van der Waals surface area contributed by atoms with E-state index in [2.05, 4.69) is 5.32 Å². The van der Waals surface area contributed by atoms with Crippen molar-refractivity contribution in [3.05, 3.63) is 39.9 Å². The summed E-state index contributed by atoms with van der Waals surface area (Å²) in [4.78, 5) is 24.4. The second kappa shape index (κ2) is 6.64. The van der Waals surface area contributed by atoms with Gasteiger partial charge in [-0.25, -0.2) is 0 Å². The number of rotatable bonds is 5. The maximum atomic E-state index is 12.3. The molecule has 2 atom stereocenters. The lowest BCUT2D eigenvalue weighted by atomic mass is 10.1. The van der Waals surface area contributed by atoms with Gasteiger partial charge in [0.1, 0.15) is 0 Å². The first-order valence-electron chi connectivity index (χ1n) is 6.76. The van der Waals surface area contributed by atoms with Crippen LogP contribution >= 0.6 is 0 Å². The number of benzene rings is 1. The summed E-state index contributed by atoms with van der Waals surface area (Å²) in [6.07, 6.45) is 0.662. The van der Waals surface area contributed by atoms with Crippen molar-refractivity contribution < 1.29 is 14.5 Å². The number of nitrogens with one attached hydrogen (secondary N) is 1. The molecule has 1 aliphatic rings. The van der Waals surface area contributed by atoms with Gasteiger partial charge in [0.25, 0.3) is 5.69 Å². The molecule has 1 aliphatic heterocycles. The van der Waals surface area contributed by atoms with Gasteiger partial charge in [-0.1, -0.05) is 18.2 Å². The smallest absolute Gasteiger partial charge is 0.274 e. The molecule has 1 aromatic rings. The molecule has 7 heteroatoms. The van der Waals surface area contributed by atoms with E-state index in [0.29, 0.717) is 18.5 Å². The highest BCUT2D eigenvalue weighted by molar-refractivity contribution is 5.82. The second-order valence-electron chi connectivity index (χ2n) is 5.13. The van der Waals surface area contributed by atoms with E-state index in [0.717, 1.165) is 0 Å². The minimum atomic E-state index is -0.428. The van der Waals surface area contributed by atoms with Crippen molar-refractivity contribution in [2.75, 3.05) is 20.7 Å². The molecule has 0 spiro atoms. The molecule has 0 aliphatic carbocycles. The third-order valence-electron chi connectivity index (χ3n) is 3.69. The lowest BCUT2D eigenvalue weighted by Crippen LogP contribution is -2.41. The Kier molecular flexibility index (Phi) is 4.87. The van der Waals surface area contributed by atoms with Crippen molar-refractivity contribution in [3.63, 3.8) is 0 Å². The predicted octanol–water partition coefficient (Wildman–Crippen LogP) is 0.930. The minimum absolute atomic E-state index is 0.0336. The molecule has 0 bridgehead atoms. The Bertz CT molecular complexity index is 535. The third-order valence-corrected chi connectivity index (χ3v) is 3.69. The van der Waals surface area contributed by atoms with Crippen molar-refractivity contribution >= 4 is 11.6 Å². The fraction of sp³-hybridized carbons (Fsp3) is 0.500. The van der Waals surface area contributed by atoms with E-state index < -0.39 is 4.92 Å². The molecule has 1 fully saturated rings. The number of hydrogen-bond acceptors (Lipinski definition) is 5. The molecule has 0 aromatic heterocycles. The summed E-state index contributed by atoms with van der Waals surface area (Å²) in [6.45, 7) is 0.859. The van der Waals surface area contributed by atoms with E-state index in [1.165, 1.54) is 11.0 Å².